The van der Waals surface area contributed by atoms with Crippen LogP contribution in [0.2, 0.25) is 0 Å². The van der Waals surface area contributed by atoms with Crippen LogP contribution in [0.25, 0.3) is 6.08 Å². The molecule has 1 aliphatic rings. The van der Waals surface area contributed by atoms with E-state index in [9.17, 15) is 9.59 Å². The first-order chi connectivity index (χ1) is 12.4. The monoisotopic (exact) mass is 356 g/mol. The van der Waals surface area contributed by atoms with E-state index in [0.717, 1.165) is 35.6 Å². The van der Waals surface area contributed by atoms with Crippen LogP contribution >= 0.6 is 0 Å². The summed E-state index contributed by atoms with van der Waals surface area (Å²) in [5.41, 5.74) is 3.03. The van der Waals surface area contributed by atoms with Crippen molar-refractivity contribution in [3.63, 3.8) is 0 Å². The van der Waals surface area contributed by atoms with Crippen LogP contribution in [0.3, 0.4) is 0 Å². The zero-order valence-electron chi connectivity index (χ0n) is 15.3. The van der Waals surface area contributed by atoms with Gasteiger partial charge in [0.1, 0.15) is 5.76 Å². The molecule has 0 spiro atoms. The fourth-order valence-corrected chi connectivity index (χ4v) is 2.77. The van der Waals surface area contributed by atoms with E-state index in [2.05, 4.69) is 9.88 Å². The maximum Gasteiger partial charge on any atom is 0.331 e. The predicted molar refractivity (Wildman–Crippen MR) is 97.5 cm³/mol. The second kappa shape index (κ2) is 7.64. The van der Waals surface area contributed by atoms with Crippen LogP contribution in [0.4, 0.5) is 0 Å². The largest absolute Gasteiger partial charge is 0.467 e. The summed E-state index contributed by atoms with van der Waals surface area (Å²) in [5.74, 6) is 0.0994. The Labute approximate surface area is 152 Å². The average Bonchev–Trinajstić information content (AvgIpc) is 3.18. The molecule has 1 saturated carbocycles. The van der Waals surface area contributed by atoms with Crippen molar-refractivity contribution < 1.29 is 18.7 Å². The lowest BCUT2D eigenvalue weighted by atomic mass is 10.2. The molecule has 0 saturated heterocycles. The molecule has 2 heterocycles. The third-order valence-corrected chi connectivity index (χ3v) is 4.49. The minimum absolute atomic E-state index is 0.245. The number of aryl methyl sites for hydroxylation is 1. The molecule has 2 aromatic heterocycles. The number of carbonyl (C=O) groups excluding carboxylic acids is 2. The van der Waals surface area contributed by atoms with Crippen molar-refractivity contribution >= 4 is 18.0 Å². The van der Waals surface area contributed by atoms with Crippen LogP contribution in [0.5, 0.6) is 0 Å². The standard InChI is InChI=1S/C20H24N2O4/c1-13-11-16(14(2)22(13)12-18-5-4-10-25-18)6-9-19(23)26-15(3)20(24)21-17-7-8-17/h4-6,9-11,15,17H,7-8,12H2,1-3H3,(H,21,24)/b9-6+/t15-/m1/s1. The number of rotatable bonds is 7. The van der Waals surface area contributed by atoms with Gasteiger partial charge < -0.3 is 19.0 Å². The van der Waals surface area contributed by atoms with Crippen LogP contribution in [0.15, 0.2) is 35.0 Å². The van der Waals surface area contributed by atoms with Crippen molar-refractivity contribution in [2.75, 3.05) is 0 Å². The number of hydrogen-bond donors (Lipinski definition) is 1. The van der Waals surface area contributed by atoms with E-state index in [-0.39, 0.29) is 11.9 Å². The van der Waals surface area contributed by atoms with E-state index < -0.39 is 12.1 Å². The number of ether oxygens (including phenoxy) is 1. The van der Waals surface area contributed by atoms with E-state index in [1.807, 2.05) is 32.0 Å². The summed E-state index contributed by atoms with van der Waals surface area (Å²) >= 11 is 0. The van der Waals surface area contributed by atoms with Crippen molar-refractivity contribution in [2.45, 2.75) is 52.3 Å². The van der Waals surface area contributed by atoms with Gasteiger partial charge in [-0.2, -0.15) is 0 Å². The van der Waals surface area contributed by atoms with Crippen molar-refractivity contribution in [2.24, 2.45) is 0 Å². The van der Waals surface area contributed by atoms with Gasteiger partial charge in [-0.3, -0.25) is 4.79 Å². The molecule has 0 radical (unpaired) electrons. The summed E-state index contributed by atoms with van der Waals surface area (Å²) in [4.78, 5) is 23.8. The molecular weight excluding hydrogens is 332 g/mol. The molecule has 0 bridgehead atoms. The van der Waals surface area contributed by atoms with Crippen LogP contribution in [0, 0.1) is 13.8 Å². The molecular formula is C20H24N2O4. The molecule has 6 nitrogen and oxygen atoms in total. The molecule has 1 fully saturated rings. The van der Waals surface area contributed by atoms with E-state index in [1.165, 1.54) is 6.08 Å². The first kappa shape index (κ1) is 18.0. The van der Waals surface area contributed by atoms with Gasteiger partial charge in [-0.25, -0.2) is 4.79 Å². The summed E-state index contributed by atoms with van der Waals surface area (Å²) < 4.78 is 12.7. The summed E-state index contributed by atoms with van der Waals surface area (Å²) in [6.45, 7) is 6.22. The summed E-state index contributed by atoms with van der Waals surface area (Å²) in [6.07, 6.45) is 5.94. The maximum absolute atomic E-state index is 12.0. The quantitative estimate of drug-likeness (QED) is 0.611. The van der Waals surface area contributed by atoms with E-state index in [1.54, 1.807) is 19.3 Å². The highest BCUT2D eigenvalue weighted by Gasteiger charge is 2.26. The SMILES string of the molecule is Cc1cc(/C=C/C(=O)O[C@H](C)C(=O)NC2CC2)c(C)n1Cc1ccco1. The van der Waals surface area contributed by atoms with Crippen LogP contribution in [0.1, 0.15) is 42.5 Å². The third-order valence-electron chi connectivity index (χ3n) is 4.49. The van der Waals surface area contributed by atoms with Crippen LogP contribution in [-0.4, -0.2) is 28.6 Å². The van der Waals surface area contributed by atoms with Crippen LogP contribution in [-0.2, 0) is 20.9 Å². The lowest BCUT2D eigenvalue weighted by Crippen LogP contribution is -2.36. The Balaban J connectivity index is 1.60. The molecule has 1 aliphatic carbocycles. The molecule has 0 aliphatic heterocycles. The second-order valence-electron chi connectivity index (χ2n) is 6.69. The highest BCUT2D eigenvalue weighted by Crippen LogP contribution is 2.20. The lowest BCUT2D eigenvalue weighted by Gasteiger charge is -2.11. The Kier molecular flexibility index (Phi) is 5.30. The highest BCUT2D eigenvalue weighted by molar-refractivity contribution is 5.90. The van der Waals surface area contributed by atoms with E-state index in [0.29, 0.717) is 6.54 Å². The average molecular weight is 356 g/mol. The lowest BCUT2D eigenvalue weighted by molar-refractivity contribution is -0.150. The van der Waals surface area contributed by atoms with Gasteiger partial charge in [-0.05, 0) is 63.5 Å². The molecule has 6 heteroatoms. The van der Waals surface area contributed by atoms with Gasteiger partial charge in [0, 0.05) is 23.5 Å². The molecule has 3 rings (SSSR count). The first-order valence-corrected chi connectivity index (χ1v) is 8.82. The molecule has 138 valence electrons. The number of aromatic nitrogens is 1. The second-order valence-corrected chi connectivity index (χ2v) is 6.69. The van der Waals surface area contributed by atoms with Gasteiger partial charge in [0.2, 0.25) is 0 Å². The number of furan rings is 1. The smallest absolute Gasteiger partial charge is 0.331 e. The molecule has 0 aromatic carbocycles. The summed E-state index contributed by atoms with van der Waals surface area (Å²) in [6, 6.07) is 6.05. The Morgan fingerprint density at radius 3 is 2.85 bits per heavy atom. The van der Waals surface area contributed by atoms with Gasteiger partial charge in [0.25, 0.3) is 5.91 Å². The Bertz CT molecular complexity index is 813. The van der Waals surface area contributed by atoms with Crippen molar-refractivity contribution in [1.82, 2.24) is 9.88 Å². The number of nitrogens with zero attached hydrogens (tertiary/aromatic N) is 1. The fraction of sp³-hybridized carbons (Fsp3) is 0.400. The topological polar surface area (TPSA) is 73.5 Å². The zero-order valence-corrected chi connectivity index (χ0v) is 15.3. The van der Waals surface area contributed by atoms with Gasteiger partial charge in [-0.15, -0.1) is 0 Å². The Hall–Kier alpha value is -2.76. The first-order valence-electron chi connectivity index (χ1n) is 8.82. The Morgan fingerprint density at radius 2 is 2.19 bits per heavy atom. The van der Waals surface area contributed by atoms with Crippen molar-refractivity contribution in [3.05, 3.63) is 53.2 Å². The summed E-state index contributed by atoms with van der Waals surface area (Å²) in [5, 5.41) is 2.82. The van der Waals surface area contributed by atoms with Crippen molar-refractivity contribution in [1.29, 1.82) is 0 Å². The molecule has 1 N–H and O–H groups in total. The number of esters is 1. The van der Waals surface area contributed by atoms with E-state index >= 15 is 0 Å². The van der Waals surface area contributed by atoms with Gasteiger partial charge in [-0.1, -0.05) is 0 Å². The Morgan fingerprint density at radius 1 is 1.42 bits per heavy atom. The normalized spacial score (nSPS) is 15.2. The number of nitrogens with one attached hydrogen (secondary N) is 1. The molecule has 2 aromatic rings. The number of amides is 1. The minimum atomic E-state index is -0.792. The predicted octanol–water partition coefficient (Wildman–Crippen LogP) is 2.97. The molecule has 0 unspecified atom stereocenters. The highest BCUT2D eigenvalue weighted by atomic mass is 16.5. The number of hydrogen-bond acceptors (Lipinski definition) is 4. The fourth-order valence-electron chi connectivity index (χ4n) is 2.77. The zero-order chi connectivity index (χ0) is 18.7. The minimum Gasteiger partial charge on any atom is -0.467 e. The van der Waals surface area contributed by atoms with E-state index in [4.69, 9.17) is 9.15 Å². The molecule has 1 atom stereocenters. The third kappa shape index (κ3) is 4.45. The maximum atomic E-state index is 12.0. The number of carbonyl (C=O) groups is 2. The molecule has 26 heavy (non-hydrogen) atoms. The van der Waals surface area contributed by atoms with Gasteiger partial charge in [0.05, 0.1) is 12.8 Å². The van der Waals surface area contributed by atoms with Gasteiger partial charge >= 0.3 is 5.97 Å². The van der Waals surface area contributed by atoms with Gasteiger partial charge in [0.15, 0.2) is 6.10 Å². The van der Waals surface area contributed by atoms with Crippen molar-refractivity contribution in [3.8, 4) is 0 Å². The summed E-state index contributed by atoms with van der Waals surface area (Å²) in [7, 11) is 0. The molecule has 1 amide bonds. The van der Waals surface area contributed by atoms with Crippen LogP contribution < -0.4 is 5.32 Å².